The summed E-state index contributed by atoms with van der Waals surface area (Å²) in [5, 5.41) is 5.57. The summed E-state index contributed by atoms with van der Waals surface area (Å²) in [6.07, 6.45) is 0. The summed E-state index contributed by atoms with van der Waals surface area (Å²) in [5.41, 5.74) is 1.21. The molecule has 0 bridgehead atoms. The van der Waals surface area contributed by atoms with Crippen molar-refractivity contribution in [3.63, 3.8) is 0 Å². The number of nitrogens with one attached hydrogen (secondary N) is 1. The molecule has 1 N–H and O–H groups in total. The second-order valence-electron chi connectivity index (χ2n) is 5.43. The summed E-state index contributed by atoms with van der Waals surface area (Å²) in [4.78, 5) is 3.87. The van der Waals surface area contributed by atoms with E-state index in [0.29, 0.717) is 0 Å². The number of halogens is 1. The van der Waals surface area contributed by atoms with Gasteiger partial charge >= 0.3 is 0 Å². The van der Waals surface area contributed by atoms with E-state index in [1.807, 2.05) is 6.07 Å². The van der Waals surface area contributed by atoms with Gasteiger partial charge in [-0.3, -0.25) is 4.90 Å². The molecule has 0 spiro atoms. The smallest absolute Gasteiger partial charge is 0.161 e. The lowest BCUT2D eigenvalue weighted by molar-refractivity contribution is 0.200. The second kappa shape index (κ2) is 7.66. The zero-order valence-corrected chi connectivity index (χ0v) is 15.7. The normalized spacial score (nSPS) is 17.0. The molecule has 1 atom stereocenters. The molecule has 0 radical (unpaired) electrons. The average molecular weight is 397 g/mol. The summed E-state index contributed by atoms with van der Waals surface area (Å²) in [6.45, 7) is 4.10. The van der Waals surface area contributed by atoms with Crippen molar-refractivity contribution in [1.29, 1.82) is 0 Å². The maximum absolute atomic E-state index is 5.51. The van der Waals surface area contributed by atoms with Crippen LogP contribution in [0.25, 0.3) is 0 Å². The first kappa shape index (κ1) is 16.8. The van der Waals surface area contributed by atoms with Crippen molar-refractivity contribution >= 4 is 27.3 Å². The van der Waals surface area contributed by atoms with Crippen molar-refractivity contribution < 1.29 is 9.47 Å². The molecular weight excluding hydrogens is 376 g/mol. The molecule has 1 unspecified atom stereocenters. The van der Waals surface area contributed by atoms with E-state index in [9.17, 15) is 0 Å². The van der Waals surface area contributed by atoms with Gasteiger partial charge in [0, 0.05) is 35.5 Å². The van der Waals surface area contributed by atoms with Gasteiger partial charge in [0.05, 0.1) is 20.3 Å². The number of piperazine rings is 1. The molecule has 1 aromatic heterocycles. The summed E-state index contributed by atoms with van der Waals surface area (Å²) in [7, 11) is 3.34. The van der Waals surface area contributed by atoms with Crippen LogP contribution in [0, 0.1) is 0 Å². The van der Waals surface area contributed by atoms with Crippen LogP contribution in [0.2, 0.25) is 0 Å². The maximum atomic E-state index is 5.51. The Bertz CT molecular complexity index is 642. The zero-order chi connectivity index (χ0) is 16.2. The second-order valence-corrected chi connectivity index (χ2v) is 7.27. The van der Waals surface area contributed by atoms with Crippen LogP contribution in [0.4, 0.5) is 0 Å². The van der Waals surface area contributed by atoms with Crippen molar-refractivity contribution in [2.24, 2.45) is 0 Å². The van der Waals surface area contributed by atoms with Crippen LogP contribution in [0.15, 0.2) is 34.1 Å². The van der Waals surface area contributed by atoms with Crippen molar-refractivity contribution in [3.8, 4) is 11.5 Å². The first-order valence-electron chi connectivity index (χ1n) is 7.64. The lowest BCUT2D eigenvalue weighted by Crippen LogP contribution is -2.45. The molecule has 3 rings (SSSR count). The summed E-state index contributed by atoms with van der Waals surface area (Å²) in [6, 6.07) is 8.64. The Balaban J connectivity index is 2.05. The van der Waals surface area contributed by atoms with E-state index in [1.54, 1.807) is 25.6 Å². The van der Waals surface area contributed by atoms with E-state index in [-0.39, 0.29) is 6.04 Å². The van der Waals surface area contributed by atoms with Gasteiger partial charge in [0.15, 0.2) is 11.5 Å². The minimum absolute atomic E-state index is 0.228. The summed E-state index contributed by atoms with van der Waals surface area (Å²) >= 11 is 5.53. The topological polar surface area (TPSA) is 33.7 Å². The fraction of sp³-hybridized carbons (Fsp3) is 0.412. The Labute approximate surface area is 149 Å². The third-order valence-corrected chi connectivity index (χ3v) is 5.74. The first-order chi connectivity index (χ1) is 11.2. The molecule has 2 aromatic rings. The number of thiophene rings is 1. The summed E-state index contributed by atoms with van der Waals surface area (Å²) < 4.78 is 12.0. The molecule has 4 nitrogen and oxygen atoms in total. The Morgan fingerprint density at radius 3 is 2.48 bits per heavy atom. The molecular formula is C17H21BrN2O2S. The molecule has 1 fully saturated rings. The molecule has 124 valence electrons. The standard InChI is InChI=1S/C17H21BrN2O2S/c1-21-14-10-12(13(18)11-15(14)22-2)17(16-4-3-9-23-16)20-7-5-19-6-8-20/h3-4,9-11,17,19H,5-8H2,1-2H3. The Kier molecular flexibility index (Phi) is 5.58. The van der Waals surface area contributed by atoms with Crippen LogP contribution in [-0.4, -0.2) is 45.3 Å². The highest BCUT2D eigenvalue weighted by molar-refractivity contribution is 9.10. The SMILES string of the molecule is COc1cc(Br)c(C(c2cccs2)N2CCNCC2)cc1OC. The molecule has 6 heteroatoms. The van der Waals surface area contributed by atoms with E-state index >= 15 is 0 Å². The lowest BCUT2D eigenvalue weighted by Gasteiger charge is -2.35. The van der Waals surface area contributed by atoms with Gasteiger partial charge in [-0.2, -0.15) is 0 Å². The molecule has 2 heterocycles. The largest absolute Gasteiger partial charge is 0.493 e. The van der Waals surface area contributed by atoms with Crippen molar-refractivity contribution in [2.75, 3.05) is 40.4 Å². The monoisotopic (exact) mass is 396 g/mol. The zero-order valence-electron chi connectivity index (χ0n) is 13.3. The highest BCUT2D eigenvalue weighted by Gasteiger charge is 2.27. The van der Waals surface area contributed by atoms with Crippen LogP contribution in [-0.2, 0) is 0 Å². The Morgan fingerprint density at radius 1 is 1.17 bits per heavy atom. The van der Waals surface area contributed by atoms with E-state index in [0.717, 1.165) is 42.2 Å². The molecule has 1 aliphatic heterocycles. The maximum Gasteiger partial charge on any atom is 0.161 e. The molecule has 1 aliphatic rings. The van der Waals surface area contributed by atoms with E-state index < -0.39 is 0 Å². The highest BCUT2D eigenvalue weighted by atomic mass is 79.9. The third-order valence-electron chi connectivity index (χ3n) is 4.13. The van der Waals surface area contributed by atoms with Gasteiger partial charge < -0.3 is 14.8 Å². The van der Waals surface area contributed by atoms with Crippen LogP contribution in [0.5, 0.6) is 11.5 Å². The number of hydrogen-bond acceptors (Lipinski definition) is 5. The van der Waals surface area contributed by atoms with Gasteiger partial charge in [-0.15, -0.1) is 11.3 Å². The van der Waals surface area contributed by atoms with Gasteiger partial charge in [0.25, 0.3) is 0 Å². The number of hydrogen-bond donors (Lipinski definition) is 1. The van der Waals surface area contributed by atoms with Crippen LogP contribution in [0.3, 0.4) is 0 Å². The fourth-order valence-electron chi connectivity index (χ4n) is 3.00. The lowest BCUT2D eigenvalue weighted by atomic mass is 10.0. The van der Waals surface area contributed by atoms with Gasteiger partial charge in [-0.25, -0.2) is 0 Å². The minimum Gasteiger partial charge on any atom is -0.493 e. The molecule has 0 aliphatic carbocycles. The first-order valence-corrected chi connectivity index (χ1v) is 9.31. The van der Waals surface area contributed by atoms with Gasteiger partial charge in [0.2, 0.25) is 0 Å². The predicted molar refractivity (Wildman–Crippen MR) is 97.9 cm³/mol. The number of benzene rings is 1. The number of nitrogens with zero attached hydrogens (tertiary/aromatic N) is 1. The van der Waals surface area contributed by atoms with Crippen LogP contribution < -0.4 is 14.8 Å². The van der Waals surface area contributed by atoms with Crippen LogP contribution in [0.1, 0.15) is 16.5 Å². The number of rotatable bonds is 5. The average Bonchev–Trinajstić information content (AvgIpc) is 3.11. The van der Waals surface area contributed by atoms with E-state index in [2.05, 4.69) is 49.7 Å². The van der Waals surface area contributed by atoms with Crippen molar-refractivity contribution in [2.45, 2.75) is 6.04 Å². The number of methoxy groups -OCH3 is 2. The van der Waals surface area contributed by atoms with Crippen molar-refractivity contribution in [3.05, 3.63) is 44.6 Å². The predicted octanol–water partition coefficient (Wildman–Crippen LogP) is 3.52. The molecule has 0 saturated carbocycles. The minimum atomic E-state index is 0.228. The Morgan fingerprint density at radius 2 is 1.87 bits per heavy atom. The molecule has 23 heavy (non-hydrogen) atoms. The van der Waals surface area contributed by atoms with E-state index in [1.165, 1.54) is 10.4 Å². The van der Waals surface area contributed by atoms with Gasteiger partial charge in [-0.1, -0.05) is 22.0 Å². The fourth-order valence-corrected chi connectivity index (χ4v) is 4.41. The summed E-state index contributed by atoms with van der Waals surface area (Å²) in [5.74, 6) is 1.51. The van der Waals surface area contributed by atoms with E-state index in [4.69, 9.17) is 9.47 Å². The highest BCUT2D eigenvalue weighted by Crippen LogP contribution is 2.41. The van der Waals surface area contributed by atoms with Gasteiger partial charge in [0.1, 0.15) is 0 Å². The Hall–Kier alpha value is -1.08. The van der Waals surface area contributed by atoms with Crippen LogP contribution >= 0.6 is 27.3 Å². The quantitative estimate of drug-likeness (QED) is 0.837. The van der Waals surface area contributed by atoms with Crippen molar-refractivity contribution in [1.82, 2.24) is 10.2 Å². The molecule has 0 amide bonds. The third kappa shape index (κ3) is 3.55. The number of ether oxygens (including phenoxy) is 2. The molecule has 1 aromatic carbocycles. The molecule has 1 saturated heterocycles. The van der Waals surface area contributed by atoms with Gasteiger partial charge in [-0.05, 0) is 29.1 Å².